The van der Waals surface area contributed by atoms with Crippen molar-refractivity contribution in [1.29, 1.82) is 0 Å². The summed E-state index contributed by atoms with van der Waals surface area (Å²) in [6, 6.07) is 11.3. The van der Waals surface area contributed by atoms with Crippen LogP contribution in [0.5, 0.6) is 34.5 Å². The third-order valence-electron chi connectivity index (χ3n) is 5.31. The maximum absolute atomic E-state index is 12.4. The largest absolute Gasteiger partial charge is 0.504 e. The van der Waals surface area contributed by atoms with E-state index in [1.54, 1.807) is 0 Å². The molecule has 0 heterocycles. The SMILES string of the molecule is COC(=O)C(Cc1ccc(O)c(O)c1)OC(=O)/C=C/c1ccc(O)c(O/C(=C\c2ccc(O)c(O)c2)C(=O)O)c1. The number of phenols is 5. The number of esters is 2. The molecule has 0 saturated carbocycles. The molecule has 0 amide bonds. The normalized spacial score (nSPS) is 12.1. The van der Waals surface area contributed by atoms with E-state index in [0.29, 0.717) is 5.56 Å². The molecule has 6 N–H and O–H groups in total. The Labute approximate surface area is 226 Å². The van der Waals surface area contributed by atoms with Gasteiger partial charge in [0.2, 0.25) is 11.9 Å². The molecule has 0 aromatic heterocycles. The Hall–Kier alpha value is -5.65. The van der Waals surface area contributed by atoms with Gasteiger partial charge < -0.3 is 44.8 Å². The molecule has 0 spiro atoms. The van der Waals surface area contributed by atoms with Gasteiger partial charge in [-0.2, -0.15) is 0 Å². The average Bonchev–Trinajstić information content (AvgIpc) is 2.91. The van der Waals surface area contributed by atoms with Crippen LogP contribution in [-0.2, 0) is 30.3 Å². The van der Waals surface area contributed by atoms with Crippen LogP contribution in [0.15, 0.2) is 66.4 Å². The lowest BCUT2D eigenvalue weighted by Crippen LogP contribution is -2.30. The van der Waals surface area contributed by atoms with Gasteiger partial charge >= 0.3 is 17.9 Å². The molecule has 0 radical (unpaired) electrons. The maximum atomic E-state index is 12.4. The summed E-state index contributed by atoms with van der Waals surface area (Å²) in [5.74, 6) is -6.25. The highest BCUT2D eigenvalue weighted by Gasteiger charge is 2.24. The second kappa shape index (κ2) is 12.7. The number of aliphatic carboxylic acids is 1. The highest BCUT2D eigenvalue weighted by atomic mass is 16.6. The molecule has 208 valence electrons. The fraction of sp³-hybridized carbons (Fsp3) is 0.107. The summed E-state index contributed by atoms with van der Waals surface area (Å²) >= 11 is 0. The molecule has 3 aromatic rings. The van der Waals surface area contributed by atoms with Gasteiger partial charge in [-0.1, -0.05) is 18.2 Å². The van der Waals surface area contributed by atoms with Crippen LogP contribution < -0.4 is 4.74 Å². The Morgan fingerprint density at radius 3 is 2.05 bits per heavy atom. The second-order valence-electron chi connectivity index (χ2n) is 8.20. The van der Waals surface area contributed by atoms with Crippen molar-refractivity contribution in [1.82, 2.24) is 0 Å². The summed E-state index contributed by atoms with van der Waals surface area (Å²) in [4.78, 5) is 36.2. The Morgan fingerprint density at radius 2 is 1.43 bits per heavy atom. The van der Waals surface area contributed by atoms with Crippen molar-refractivity contribution in [3.05, 3.63) is 83.1 Å². The lowest BCUT2D eigenvalue weighted by molar-refractivity contribution is -0.162. The Bertz CT molecular complexity index is 1490. The van der Waals surface area contributed by atoms with Gasteiger partial charge in [0.1, 0.15) is 0 Å². The molecule has 12 heteroatoms. The number of benzene rings is 3. The molecular formula is C28H24O12. The third-order valence-corrected chi connectivity index (χ3v) is 5.31. The molecule has 40 heavy (non-hydrogen) atoms. The molecule has 1 atom stereocenters. The van der Waals surface area contributed by atoms with E-state index in [1.807, 2.05) is 0 Å². The highest BCUT2D eigenvalue weighted by molar-refractivity contribution is 5.91. The Kier molecular flexibility index (Phi) is 9.21. The predicted molar refractivity (Wildman–Crippen MR) is 139 cm³/mol. The number of phenolic OH excluding ortho intramolecular Hbond substituents is 5. The molecule has 0 aliphatic heterocycles. The van der Waals surface area contributed by atoms with E-state index in [4.69, 9.17) is 9.47 Å². The molecule has 12 nitrogen and oxygen atoms in total. The number of ether oxygens (including phenoxy) is 3. The molecule has 0 aliphatic carbocycles. The van der Waals surface area contributed by atoms with E-state index >= 15 is 0 Å². The van der Waals surface area contributed by atoms with Gasteiger partial charge in [0.05, 0.1) is 7.11 Å². The zero-order valence-electron chi connectivity index (χ0n) is 20.8. The van der Waals surface area contributed by atoms with Crippen molar-refractivity contribution in [2.45, 2.75) is 12.5 Å². The van der Waals surface area contributed by atoms with Gasteiger partial charge in [0.15, 0.2) is 34.5 Å². The van der Waals surface area contributed by atoms with E-state index in [-0.39, 0.29) is 29.0 Å². The van der Waals surface area contributed by atoms with E-state index in [0.717, 1.165) is 31.4 Å². The number of rotatable bonds is 10. The summed E-state index contributed by atoms with van der Waals surface area (Å²) in [6.07, 6.45) is 1.78. The number of hydrogen-bond donors (Lipinski definition) is 6. The van der Waals surface area contributed by atoms with E-state index in [2.05, 4.69) is 4.74 Å². The minimum absolute atomic E-state index is 0.152. The smallest absolute Gasteiger partial charge is 0.371 e. The van der Waals surface area contributed by atoms with Crippen molar-refractivity contribution in [2.24, 2.45) is 0 Å². The van der Waals surface area contributed by atoms with Gasteiger partial charge in [-0.15, -0.1) is 0 Å². The van der Waals surface area contributed by atoms with Crippen LogP contribution in [0.3, 0.4) is 0 Å². The maximum Gasteiger partial charge on any atom is 0.371 e. The van der Waals surface area contributed by atoms with Gasteiger partial charge in [-0.05, 0) is 65.2 Å². The van der Waals surface area contributed by atoms with Gasteiger partial charge in [-0.25, -0.2) is 14.4 Å². The van der Waals surface area contributed by atoms with E-state index in [9.17, 15) is 45.0 Å². The summed E-state index contributed by atoms with van der Waals surface area (Å²) < 4.78 is 15.2. The van der Waals surface area contributed by atoms with Crippen molar-refractivity contribution in [2.75, 3.05) is 7.11 Å². The van der Waals surface area contributed by atoms with Crippen molar-refractivity contribution in [3.63, 3.8) is 0 Å². The third kappa shape index (κ3) is 7.68. The minimum atomic E-state index is -1.49. The van der Waals surface area contributed by atoms with Crippen LogP contribution in [-0.4, -0.2) is 61.8 Å². The molecular weight excluding hydrogens is 528 g/mol. The first-order chi connectivity index (χ1) is 19.0. The average molecular weight is 552 g/mol. The van der Waals surface area contributed by atoms with Crippen LogP contribution in [0.4, 0.5) is 0 Å². The van der Waals surface area contributed by atoms with Gasteiger partial charge in [0.25, 0.3) is 0 Å². The van der Waals surface area contributed by atoms with Gasteiger partial charge in [-0.3, -0.25) is 0 Å². The fourth-order valence-electron chi connectivity index (χ4n) is 3.31. The van der Waals surface area contributed by atoms with Gasteiger partial charge in [0, 0.05) is 12.5 Å². The van der Waals surface area contributed by atoms with Crippen LogP contribution >= 0.6 is 0 Å². The first-order valence-electron chi connectivity index (χ1n) is 11.4. The Morgan fingerprint density at radius 1 is 0.800 bits per heavy atom. The first-order valence-corrected chi connectivity index (χ1v) is 11.4. The summed E-state index contributed by atoms with van der Waals surface area (Å²) in [5.41, 5.74) is 0.858. The monoisotopic (exact) mass is 552 g/mol. The number of aromatic hydroxyl groups is 5. The zero-order valence-corrected chi connectivity index (χ0v) is 20.8. The highest BCUT2D eigenvalue weighted by Crippen LogP contribution is 2.31. The predicted octanol–water partition coefficient (Wildman–Crippen LogP) is 3.06. The summed E-state index contributed by atoms with van der Waals surface area (Å²) in [6.45, 7) is 0. The Balaban J connectivity index is 1.76. The van der Waals surface area contributed by atoms with Crippen LogP contribution in [0.2, 0.25) is 0 Å². The number of carboxylic acids is 1. The minimum Gasteiger partial charge on any atom is -0.504 e. The second-order valence-corrected chi connectivity index (χ2v) is 8.20. The summed E-state index contributed by atoms with van der Waals surface area (Å²) in [5, 5.41) is 57.8. The van der Waals surface area contributed by atoms with Crippen molar-refractivity contribution < 1.29 is 59.2 Å². The number of carbonyl (C=O) groups is 3. The van der Waals surface area contributed by atoms with E-state index < -0.39 is 52.8 Å². The molecule has 1 unspecified atom stereocenters. The van der Waals surface area contributed by atoms with Crippen LogP contribution in [0.25, 0.3) is 12.2 Å². The van der Waals surface area contributed by atoms with Crippen LogP contribution in [0, 0.1) is 0 Å². The topological polar surface area (TPSA) is 200 Å². The summed E-state index contributed by atoms with van der Waals surface area (Å²) in [7, 11) is 1.11. The van der Waals surface area contributed by atoms with Crippen molar-refractivity contribution in [3.8, 4) is 34.5 Å². The van der Waals surface area contributed by atoms with Crippen molar-refractivity contribution >= 4 is 30.1 Å². The van der Waals surface area contributed by atoms with E-state index in [1.165, 1.54) is 48.5 Å². The number of hydrogen-bond acceptors (Lipinski definition) is 11. The standard InChI is InChI=1S/C28H24O12/c1-38-28(37)25(14-17-4-7-19(30)22(33)11-17)40-26(34)9-5-15-2-8-20(31)23(12-15)39-24(27(35)36)13-16-3-6-18(29)21(32)10-16/h2-13,25,29-33H,14H2,1H3,(H,35,36)/b9-5+,24-13-. The van der Waals surface area contributed by atoms with Crippen LogP contribution in [0.1, 0.15) is 16.7 Å². The number of carbonyl (C=O) groups excluding carboxylic acids is 2. The number of carboxylic acid groups (broad SMARTS) is 1. The number of methoxy groups -OCH3 is 1. The first kappa shape index (κ1) is 28.9. The zero-order chi connectivity index (χ0) is 29.4. The quantitative estimate of drug-likeness (QED) is 0.0931. The molecule has 0 bridgehead atoms. The fourth-order valence-corrected chi connectivity index (χ4v) is 3.31. The molecule has 0 saturated heterocycles. The lowest BCUT2D eigenvalue weighted by Gasteiger charge is -2.15. The lowest BCUT2D eigenvalue weighted by atomic mass is 10.1. The molecule has 3 rings (SSSR count). The molecule has 3 aromatic carbocycles. The molecule has 0 aliphatic rings. The molecule has 0 fully saturated rings.